The number of hydrazine groups is 1. The van der Waals surface area contributed by atoms with E-state index in [-0.39, 0.29) is 12.1 Å². The molecule has 5 nitrogen and oxygen atoms in total. The highest BCUT2D eigenvalue weighted by Gasteiger charge is 2.31. The molecule has 0 spiro atoms. The number of rotatable bonds is 3. The molecule has 2 N–H and O–H groups in total. The first-order valence-corrected chi connectivity index (χ1v) is 8.66. The van der Waals surface area contributed by atoms with Crippen molar-refractivity contribution in [2.45, 2.75) is 32.4 Å². The van der Waals surface area contributed by atoms with Crippen LogP contribution in [0.4, 0.5) is 0 Å². The van der Waals surface area contributed by atoms with Gasteiger partial charge >= 0.3 is 0 Å². The van der Waals surface area contributed by atoms with Crippen LogP contribution < -0.4 is 10.9 Å². The van der Waals surface area contributed by atoms with E-state index < -0.39 is 0 Å². The average molecular weight is 355 g/mol. The fraction of sp³-hybridized carbons (Fsp3) is 0.263. The third-order valence-electron chi connectivity index (χ3n) is 4.56. The summed E-state index contributed by atoms with van der Waals surface area (Å²) in [7, 11) is 0. The summed E-state index contributed by atoms with van der Waals surface area (Å²) in [6, 6.07) is 14.2. The van der Waals surface area contributed by atoms with E-state index in [4.69, 9.17) is 16.1 Å². The van der Waals surface area contributed by atoms with E-state index in [0.29, 0.717) is 16.7 Å². The highest BCUT2D eigenvalue weighted by atomic mass is 35.5. The molecule has 25 heavy (non-hydrogen) atoms. The van der Waals surface area contributed by atoms with Gasteiger partial charge in [0.15, 0.2) is 0 Å². The molecule has 2 unspecified atom stereocenters. The molecule has 0 saturated carbocycles. The Hall–Kier alpha value is -2.21. The van der Waals surface area contributed by atoms with Crippen molar-refractivity contribution >= 4 is 11.6 Å². The molecule has 2 aromatic carbocycles. The Morgan fingerprint density at radius 2 is 1.88 bits per heavy atom. The molecule has 0 amide bonds. The number of aryl methyl sites for hydroxylation is 2. The van der Waals surface area contributed by atoms with Crippen LogP contribution in [0.5, 0.6) is 0 Å². The summed E-state index contributed by atoms with van der Waals surface area (Å²) < 4.78 is 5.47. The topological polar surface area (TPSA) is 63.0 Å². The van der Waals surface area contributed by atoms with Crippen molar-refractivity contribution in [2.24, 2.45) is 0 Å². The van der Waals surface area contributed by atoms with Gasteiger partial charge in [0.25, 0.3) is 0 Å². The lowest BCUT2D eigenvalue weighted by Crippen LogP contribution is -2.27. The van der Waals surface area contributed by atoms with Gasteiger partial charge in [-0.25, -0.2) is 10.9 Å². The predicted octanol–water partition coefficient (Wildman–Crippen LogP) is 4.29. The van der Waals surface area contributed by atoms with Crippen molar-refractivity contribution in [1.82, 2.24) is 21.0 Å². The van der Waals surface area contributed by atoms with E-state index in [1.807, 2.05) is 24.3 Å². The van der Waals surface area contributed by atoms with Gasteiger partial charge in [-0.05, 0) is 43.5 Å². The Balaban J connectivity index is 1.54. The zero-order chi connectivity index (χ0) is 17.4. The maximum atomic E-state index is 6.21. The highest BCUT2D eigenvalue weighted by Crippen LogP contribution is 2.33. The first kappa shape index (κ1) is 16.3. The van der Waals surface area contributed by atoms with Crippen molar-refractivity contribution in [3.05, 3.63) is 70.1 Å². The summed E-state index contributed by atoms with van der Waals surface area (Å²) in [5.41, 5.74) is 11.2. The molecular formula is C19H19ClN4O. The molecule has 1 saturated heterocycles. The van der Waals surface area contributed by atoms with Gasteiger partial charge in [0.1, 0.15) is 6.04 Å². The van der Waals surface area contributed by atoms with Crippen molar-refractivity contribution < 1.29 is 4.52 Å². The Morgan fingerprint density at radius 1 is 1.08 bits per heavy atom. The number of nitrogens with one attached hydrogen (secondary N) is 2. The van der Waals surface area contributed by atoms with Crippen LogP contribution in [0.3, 0.4) is 0 Å². The van der Waals surface area contributed by atoms with E-state index in [2.05, 4.69) is 53.0 Å². The van der Waals surface area contributed by atoms with E-state index in [1.165, 1.54) is 16.7 Å². The van der Waals surface area contributed by atoms with E-state index >= 15 is 0 Å². The zero-order valence-corrected chi connectivity index (χ0v) is 14.8. The molecule has 2 heterocycles. The number of nitrogens with zero attached hydrogens (tertiary/aromatic N) is 2. The Bertz CT molecular complexity index is 908. The molecule has 0 aliphatic carbocycles. The molecule has 3 aromatic rings. The minimum atomic E-state index is -0.0329. The molecular weight excluding hydrogens is 336 g/mol. The van der Waals surface area contributed by atoms with Crippen LogP contribution in [0.1, 0.15) is 41.1 Å². The van der Waals surface area contributed by atoms with Gasteiger partial charge in [-0.15, -0.1) is 0 Å². The van der Waals surface area contributed by atoms with Crippen molar-refractivity contribution in [3.8, 4) is 11.4 Å². The normalized spacial score (nSPS) is 20.1. The maximum absolute atomic E-state index is 6.21. The maximum Gasteiger partial charge on any atom is 0.245 e. The lowest BCUT2D eigenvalue weighted by Gasteiger charge is -2.13. The van der Waals surface area contributed by atoms with Crippen LogP contribution in [-0.4, -0.2) is 10.1 Å². The fourth-order valence-electron chi connectivity index (χ4n) is 3.27. The molecule has 128 valence electrons. The van der Waals surface area contributed by atoms with Gasteiger partial charge in [0, 0.05) is 11.6 Å². The minimum Gasteiger partial charge on any atom is -0.337 e. The summed E-state index contributed by atoms with van der Waals surface area (Å²) in [5, 5.41) is 4.69. The first-order valence-electron chi connectivity index (χ1n) is 8.28. The van der Waals surface area contributed by atoms with Crippen LogP contribution >= 0.6 is 11.6 Å². The molecule has 1 aliphatic heterocycles. The zero-order valence-electron chi connectivity index (χ0n) is 14.1. The monoisotopic (exact) mass is 354 g/mol. The summed E-state index contributed by atoms with van der Waals surface area (Å²) in [5.74, 6) is 1.08. The standard InChI is InChI=1S/C19H19ClN4O/c1-11-7-8-13(12(2)9-11)16-10-17(23-22-16)19-21-18(24-25-19)14-5-3-4-6-15(14)20/h3-9,16-17,22-23H,10H2,1-2H3. The molecule has 0 radical (unpaired) electrons. The second-order valence-electron chi connectivity index (χ2n) is 6.43. The van der Waals surface area contributed by atoms with Crippen molar-refractivity contribution in [3.63, 3.8) is 0 Å². The van der Waals surface area contributed by atoms with E-state index in [0.717, 1.165) is 12.0 Å². The smallest absolute Gasteiger partial charge is 0.245 e. The SMILES string of the molecule is Cc1ccc(C2CC(c3nc(-c4ccccc4Cl)no3)NN2)c(C)c1. The molecule has 6 heteroatoms. The highest BCUT2D eigenvalue weighted by molar-refractivity contribution is 6.33. The Labute approximate surface area is 151 Å². The number of benzene rings is 2. The Morgan fingerprint density at radius 3 is 2.68 bits per heavy atom. The molecule has 1 fully saturated rings. The summed E-state index contributed by atoms with van der Waals surface area (Å²) in [6.45, 7) is 4.24. The lowest BCUT2D eigenvalue weighted by molar-refractivity contribution is 0.340. The summed E-state index contributed by atoms with van der Waals surface area (Å²) in [6.07, 6.45) is 0.841. The quantitative estimate of drug-likeness (QED) is 0.734. The summed E-state index contributed by atoms with van der Waals surface area (Å²) >= 11 is 6.21. The van der Waals surface area contributed by atoms with Crippen LogP contribution in [0.15, 0.2) is 47.0 Å². The van der Waals surface area contributed by atoms with Gasteiger partial charge in [-0.3, -0.25) is 0 Å². The molecule has 1 aromatic heterocycles. The first-order chi connectivity index (χ1) is 12.1. The molecule has 0 bridgehead atoms. The third-order valence-corrected chi connectivity index (χ3v) is 4.89. The van der Waals surface area contributed by atoms with Crippen LogP contribution in [-0.2, 0) is 0 Å². The third kappa shape index (κ3) is 3.18. The molecule has 2 atom stereocenters. The van der Waals surface area contributed by atoms with Crippen LogP contribution in [0.2, 0.25) is 5.02 Å². The largest absolute Gasteiger partial charge is 0.337 e. The summed E-state index contributed by atoms with van der Waals surface area (Å²) in [4.78, 5) is 4.52. The van der Waals surface area contributed by atoms with Gasteiger partial charge in [0.05, 0.1) is 5.02 Å². The predicted molar refractivity (Wildman–Crippen MR) is 97.0 cm³/mol. The number of aromatic nitrogens is 2. The van der Waals surface area contributed by atoms with Crippen molar-refractivity contribution in [2.75, 3.05) is 0 Å². The van der Waals surface area contributed by atoms with Crippen molar-refractivity contribution in [1.29, 1.82) is 0 Å². The van der Waals surface area contributed by atoms with E-state index in [1.54, 1.807) is 0 Å². The van der Waals surface area contributed by atoms with Gasteiger partial charge in [-0.1, -0.05) is 52.7 Å². The number of hydrogen-bond donors (Lipinski definition) is 2. The average Bonchev–Trinajstić information content (AvgIpc) is 3.24. The number of hydrogen-bond acceptors (Lipinski definition) is 5. The number of halogens is 1. The molecule has 4 rings (SSSR count). The fourth-order valence-corrected chi connectivity index (χ4v) is 3.49. The second-order valence-corrected chi connectivity index (χ2v) is 6.83. The Kier molecular flexibility index (Phi) is 4.29. The van der Waals surface area contributed by atoms with Gasteiger partial charge < -0.3 is 4.52 Å². The second kappa shape index (κ2) is 6.59. The van der Waals surface area contributed by atoms with Crippen LogP contribution in [0.25, 0.3) is 11.4 Å². The van der Waals surface area contributed by atoms with Crippen LogP contribution in [0, 0.1) is 13.8 Å². The van der Waals surface area contributed by atoms with Gasteiger partial charge in [0.2, 0.25) is 11.7 Å². The van der Waals surface area contributed by atoms with E-state index in [9.17, 15) is 0 Å². The molecule has 1 aliphatic rings. The lowest BCUT2D eigenvalue weighted by atomic mass is 9.96. The van der Waals surface area contributed by atoms with Gasteiger partial charge in [-0.2, -0.15) is 4.98 Å². The minimum absolute atomic E-state index is 0.0329.